The summed E-state index contributed by atoms with van der Waals surface area (Å²) in [5.74, 6) is -1.13. The maximum Gasteiger partial charge on any atom is 0.251 e. The number of rotatable bonds is 8. The van der Waals surface area contributed by atoms with Crippen molar-refractivity contribution in [3.63, 3.8) is 0 Å². The van der Waals surface area contributed by atoms with Gasteiger partial charge in [-0.15, -0.1) is 0 Å². The van der Waals surface area contributed by atoms with Crippen molar-refractivity contribution in [2.24, 2.45) is 0 Å². The number of halogens is 2. The van der Waals surface area contributed by atoms with Gasteiger partial charge in [0.2, 0.25) is 0 Å². The van der Waals surface area contributed by atoms with Gasteiger partial charge in [0.25, 0.3) is 5.91 Å². The minimum Gasteiger partial charge on any atom is -0.490 e. The number of benzene rings is 2. The Morgan fingerprint density at radius 1 is 1.07 bits per heavy atom. The summed E-state index contributed by atoms with van der Waals surface area (Å²) >= 11 is 0. The zero-order chi connectivity index (χ0) is 20.0. The molecule has 0 heterocycles. The first kappa shape index (κ1) is 20.6. The zero-order valence-corrected chi connectivity index (χ0v) is 15.5. The lowest BCUT2D eigenvalue weighted by molar-refractivity contribution is 0.0494. The van der Waals surface area contributed by atoms with Gasteiger partial charge in [-0.05, 0) is 45.0 Å². The molecule has 27 heavy (non-hydrogen) atoms. The van der Waals surface area contributed by atoms with Gasteiger partial charge in [-0.1, -0.05) is 6.07 Å². The van der Waals surface area contributed by atoms with Crippen LogP contribution in [0.3, 0.4) is 0 Å². The molecule has 0 radical (unpaired) electrons. The first-order valence-electron chi connectivity index (χ1n) is 8.64. The molecule has 2 aromatic carbocycles. The fraction of sp³-hybridized carbons (Fsp3) is 0.350. The van der Waals surface area contributed by atoms with Crippen LogP contribution in [0, 0.1) is 11.6 Å². The van der Waals surface area contributed by atoms with Crippen LogP contribution in [0.25, 0.3) is 0 Å². The van der Waals surface area contributed by atoms with Crippen molar-refractivity contribution >= 4 is 5.91 Å². The average molecular weight is 379 g/mol. The Hall–Kier alpha value is -2.67. The van der Waals surface area contributed by atoms with Crippen LogP contribution in [-0.2, 0) is 5.60 Å². The number of ether oxygens (including phenoxy) is 2. The van der Waals surface area contributed by atoms with Gasteiger partial charge in [0.05, 0.1) is 19.8 Å². The Morgan fingerprint density at radius 3 is 2.37 bits per heavy atom. The molecule has 0 aromatic heterocycles. The van der Waals surface area contributed by atoms with E-state index in [0.717, 1.165) is 12.1 Å². The van der Waals surface area contributed by atoms with Gasteiger partial charge < -0.3 is 19.9 Å². The second kappa shape index (κ2) is 8.81. The number of nitrogens with one attached hydrogen (secondary N) is 1. The summed E-state index contributed by atoms with van der Waals surface area (Å²) in [6, 6.07) is 7.62. The highest BCUT2D eigenvalue weighted by molar-refractivity contribution is 5.94. The smallest absolute Gasteiger partial charge is 0.251 e. The molecule has 0 saturated heterocycles. The van der Waals surface area contributed by atoms with E-state index < -0.39 is 23.1 Å². The molecule has 1 amide bonds. The molecular formula is C20H23F2NO4. The first-order valence-corrected chi connectivity index (χ1v) is 8.64. The zero-order valence-electron chi connectivity index (χ0n) is 15.5. The van der Waals surface area contributed by atoms with E-state index in [1.165, 1.54) is 13.0 Å². The highest BCUT2D eigenvalue weighted by atomic mass is 19.1. The summed E-state index contributed by atoms with van der Waals surface area (Å²) in [5.41, 5.74) is -1.51. The number of hydrogen-bond donors (Lipinski definition) is 2. The van der Waals surface area contributed by atoms with Crippen LogP contribution < -0.4 is 14.8 Å². The number of amides is 1. The molecule has 7 heteroatoms. The first-order chi connectivity index (χ1) is 12.8. The van der Waals surface area contributed by atoms with E-state index in [9.17, 15) is 18.7 Å². The van der Waals surface area contributed by atoms with Crippen molar-refractivity contribution in [3.8, 4) is 11.5 Å². The highest BCUT2D eigenvalue weighted by Gasteiger charge is 2.27. The summed E-state index contributed by atoms with van der Waals surface area (Å²) in [6.07, 6.45) is 0. The van der Waals surface area contributed by atoms with Crippen LogP contribution in [0.1, 0.15) is 36.7 Å². The van der Waals surface area contributed by atoms with Gasteiger partial charge >= 0.3 is 0 Å². The lowest BCUT2D eigenvalue weighted by atomic mass is 9.95. The average Bonchev–Trinajstić information content (AvgIpc) is 2.61. The second-order valence-electron chi connectivity index (χ2n) is 6.11. The Balaban J connectivity index is 2.13. The Morgan fingerprint density at radius 2 is 1.74 bits per heavy atom. The summed E-state index contributed by atoms with van der Waals surface area (Å²) in [7, 11) is 0. The standard InChI is InChI=1S/C20H23F2NO4/c1-4-26-17-9-6-13(10-18(17)27-5-2)19(24)23-12-20(3,25)15-8-7-14(21)11-16(15)22/h6-11,25H,4-5,12H2,1-3H3,(H,23,24). The van der Waals surface area contributed by atoms with Crippen molar-refractivity contribution in [1.82, 2.24) is 5.32 Å². The molecule has 0 aliphatic rings. The monoisotopic (exact) mass is 379 g/mol. The molecule has 2 N–H and O–H groups in total. The predicted molar refractivity (Wildman–Crippen MR) is 97.0 cm³/mol. The largest absolute Gasteiger partial charge is 0.490 e. The summed E-state index contributed by atoms with van der Waals surface area (Å²) < 4.78 is 37.9. The van der Waals surface area contributed by atoms with Crippen molar-refractivity contribution in [2.75, 3.05) is 19.8 Å². The maximum absolute atomic E-state index is 13.9. The van der Waals surface area contributed by atoms with Crippen molar-refractivity contribution < 1.29 is 28.2 Å². The third-order valence-corrected chi connectivity index (χ3v) is 3.91. The summed E-state index contributed by atoms with van der Waals surface area (Å²) in [4.78, 5) is 12.4. The third kappa shape index (κ3) is 5.17. The van der Waals surface area contributed by atoms with E-state index in [0.29, 0.717) is 36.3 Å². The Labute approximate surface area is 156 Å². The van der Waals surface area contributed by atoms with Crippen molar-refractivity contribution in [3.05, 3.63) is 59.2 Å². The lowest BCUT2D eigenvalue weighted by Crippen LogP contribution is -2.39. The van der Waals surface area contributed by atoms with Crippen LogP contribution in [0.2, 0.25) is 0 Å². The minimum atomic E-state index is -1.71. The molecule has 0 bridgehead atoms. The van der Waals surface area contributed by atoms with Crippen LogP contribution >= 0.6 is 0 Å². The van der Waals surface area contributed by atoms with E-state index in [4.69, 9.17) is 9.47 Å². The van der Waals surface area contributed by atoms with Crippen LogP contribution in [0.15, 0.2) is 36.4 Å². The van der Waals surface area contributed by atoms with Crippen LogP contribution in [0.5, 0.6) is 11.5 Å². The van der Waals surface area contributed by atoms with Crippen LogP contribution in [-0.4, -0.2) is 30.8 Å². The van der Waals surface area contributed by atoms with Gasteiger partial charge in [-0.25, -0.2) is 8.78 Å². The summed E-state index contributed by atoms with van der Waals surface area (Å²) in [6.45, 7) is 5.60. The van der Waals surface area contributed by atoms with E-state index in [-0.39, 0.29) is 12.1 Å². The molecule has 146 valence electrons. The molecule has 5 nitrogen and oxygen atoms in total. The maximum atomic E-state index is 13.9. The Kier molecular flexibility index (Phi) is 6.74. The minimum absolute atomic E-state index is 0.106. The SMILES string of the molecule is CCOc1ccc(C(=O)NCC(C)(O)c2ccc(F)cc2F)cc1OCC. The summed E-state index contributed by atoms with van der Waals surface area (Å²) in [5, 5.41) is 13.0. The van der Waals surface area contributed by atoms with Gasteiger partial charge in [0.1, 0.15) is 17.2 Å². The normalized spacial score (nSPS) is 13.0. The van der Waals surface area contributed by atoms with E-state index in [1.54, 1.807) is 12.1 Å². The number of carbonyl (C=O) groups is 1. The molecule has 0 spiro atoms. The fourth-order valence-corrected chi connectivity index (χ4v) is 2.57. The molecule has 0 aliphatic heterocycles. The molecule has 2 aromatic rings. The Bertz CT molecular complexity index is 809. The molecular weight excluding hydrogens is 356 g/mol. The molecule has 0 fully saturated rings. The molecule has 2 rings (SSSR count). The second-order valence-corrected chi connectivity index (χ2v) is 6.11. The highest BCUT2D eigenvalue weighted by Crippen LogP contribution is 2.29. The molecule has 0 saturated carbocycles. The molecule has 1 unspecified atom stereocenters. The molecule has 1 atom stereocenters. The van der Waals surface area contributed by atoms with E-state index >= 15 is 0 Å². The number of hydrogen-bond acceptors (Lipinski definition) is 4. The quantitative estimate of drug-likeness (QED) is 0.738. The number of aliphatic hydroxyl groups is 1. The van der Waals surface area contributed by atoms with Crippen molar-refractivity contribution in [1.29, 1.82) is 0 Å². The van der Waals surface area contributed by atoms with Gasteiger partial charge in [0.15, 0.2) is 11.5 Å². The van der Waals surface area contributed by atoms with E-state index in [1.807, 2.05) is 13.8 Å². The van der Waals surface area contributed by atoms with Crippen molar-refractivity contribution in [2.45, 2.75) is 26.4 Å². The third-order valence-electron chi connectivity index (χ3n) is 3.91. The lowest BCUT2D eigenvalue weighted by Gasteiger charge is -2.25. The topological polar surface area (TPSA) is 67.8 Å². The van der Waals surface area contributed by atoms with Gasteiger partial charge in [-0.2, -0.15) is 0 Å². The number of carbonyl (C=O) groups excluding carboxylic acids is 1. The molecule has 0 aliphatic carbocycles. The van der Waals surface area contributed by atoms with E-state index in [2.05, 4.69) is 5.32 Å². The van der Waals surface area contributed by atoms with Gasteiger partial charge in [-0.3, -0.25) is 4.79 Å². The fourth-order valence-electron chi connectivity index (χ4n) is 2.57. The predicted octanol–water partition coefficient (Wildman–Crippen LogP) is 3.40. The van der Waals surface area contributed by atoms with Gasteiger partial charge in [0, 0.05) is 17.2 Å². The van der Waals surface area contributed by atoms with Crippen LogP contribution in [0.4, 0.5) is 8.78 Å².